The van der Waals surface area contributed by atoms with Crippen molar-refractivity contribution in [2.75, 3.05) is 14.2 Å². The Kier molecular flexibility index (Phi) is 3.72. The molecule has 1 amide bonds. The number of methoxy groups -OCH3 is 2. The van der Waals surface area contributed by atoms with E-state index in [1.165, 1.54) is 7.11 Å². The number of benzene rings is 1. The van der Waals surface area contributed by atoms with Crippen LogP contribution in [0, 0.1) is 0 Å². The van der Waals surface area contributed by atoms with Crippen LogP contribution in [-0.2, 0) is 0 Å². The molecule has 0 atom stereocenters. The number of amides is 1. The lowest BCUT2D eigenvalue weighted by atomic mass is 9.87. The van der Waals surface area contributed by atoms with Crippen molar-refractivity contribution in [3.63, 3.8) is 0 Å². The Bertz CT molecular complexity index is 442. The van der Waals surface area contributed by atoms with Crippen molar-refractivity contribution in [2.24, 2.45) is 5.73 Å². The predicted molar refractivity (Wildman–Crippen MR) is 68.0 cm³/mol. The molecule has 0 radical (unpaired) electrons. The van der Waals surface area contributed by atoms with Crippen molar-refractivity contribution in [3.8, 4) is 11.5 Å². The Morgan fingerprint density at radius 1 is 1.33 bits per heavy atom. The third kappa shape index (κ3) is 2.56. The molecule has 0 heterocycles. The van der Waals surface area contributed by atoms with E-state index in [9.17, 15) is 4.79 Å². The number of nitrogens with one attached hydrogen (secondary N) is 1. The molecular weight excluding hydrogens is 232 g/mol. The van der Waals surface area contributed by atoms with Gasteiger partial charge in [0.15, 0.2) is 0 Å². The molecule has 0 aromatic heterocycles. The van der Waals surface area contributed by atoms with E-state index in [1.54, 1.807) is 25.3 Å². The highest BCUT2D eigenvalue weighted by Gasteiger charge is 2.28. The van der Waals surface area contributed by atoms with Crippen molar-refractivity contribution < 1.29 is 14.3 Å². The topological polar surface area (TPSA) is 73.6 Å². The fourth-order valence-electron chi connectivity index (χ4n) is 2.03. The maximum absolute atomic E-state index is 12.1. The van der Waals surface area contributed by atoms with E-state index in [-0.39, 0.29) is 18.0 Å². The number of ether oxygens (including phenoxy) is 2. The highest BCUT2D eigenvalue weighted by Crippen LogP contribution is 2.25. The third-order valence-electron chi connectivity index (χ3n) is 3.16. The van der Waals surface area contributed by atoms with E-state index >= 15 is 0 Å². The SMILES string of the molecule is COc1ccc(OC)c(C(=O)NC2CC(N)C2)c1. The molecule has 1 aromatic carbocycles. The van der Waals surface area contributed by atoms with Gasteiger partial charge in [-0.2, -0.15) is 0 Å². The van der Waals surface area contributed by atoms with Crippen molar-refractivity contribution >= 4 is 5.91 Å². The third-order valence-corrected chi connectivity index (χ3v) is 3.16. The van der Waals surface area contributed by atoms with Crippen molar-refractivity contribution in [1.29, 1.82) is 0 Å². The van der Waals surface area contributed by atoms with E-state index < -0.39 is 0 Å². The Morgan fingerprint density at radius 2 is 2.06 bits per heavy atom. The lowest BCUT2D eigenvalue weighted by Gasteiger charge is -2.33. The molecule has 1 aliphatic carbocycles. The summed E-state index contributed by atoms with van der Waals surface area (Å²) in [7, 11) is 3.10. The molecule has 0 saturated heterocycles. The number of carbonyl (C=O) groups excluding carboxylic acids is 1. The van der Waals surface area contributed by atoms with Crippen LogP contribution in [0.25, 0.3) is 0 Å². The van der Waals surface area contributed by atoms with Crippen LogP contribution in [0.3, 0.4) is 0 Å². The van der Waals surface area contributed by atoms with E-state index in [1.807, 2.05) is 0 Å². The van der Waals surface area contributed by atoms with E-state index in [2.05, 4.69) is 5.32 Å². The fraction of sp³-hybridized carbons (Fsp3) is 0.462. The molecule has 3 N–H and O–H groups in total. The van der Waals surface area contributed by atoms with Crippen LogP contribution in [-0.4, -0.2) is 32.2 Å². The first kappa shape index (κ1) is 12.7. The second-order valence-corrected chi connectivity index (χ2v) is 4.47. The van der Waals surface area contributed by atoms with Gasteiger partial charge in [-0.15, -0.1) is 0 Å². The molecule has 1 saturated carbocycles. The van der Waals surface area contributed by atoms with Gasteiger partial charge in [-0.1, -0.05) is 0 Å². The quantitative estimate of drug-likeness (QED) is 0.833. The average molecular weight is 250 g/mol. The molecule has 5 heteroatoms. The van der Waals surface area contributed by atoms with Gasteiger partial charge < -0.3 is 20.5 Å². The fourth-order valence-corrected chi connectivity index (χ4v) is 2.03. The zero-order valence-corrected chi connectivity index (χ0v) is 10.6. The number of hydrogen-bond donors (Lipinski definition) is 2. The summed E-state index contributed by atoms with van der Waals surface area (Å²) >= 11 is 0. The summed E-state index contributed by atoms with van der Waals surface area (Å²) in [6, 6.07) is 5.54. The lowest BCUT2D eigenvalue weighted by Crippen LogP contribution is -2.50. The second kappa shape index (κ2) is 5.27. The maximum atomic E-state index is 12.1. The minimum Gasteiger partial charge on any atom is -0.497 e. The summed E-state index contributed by atoms with van der Waals surface area (Å²) in [5, 5.41) is 2.93. The summed E-state index contributed by atoms with van der Waals surface area (Å²) in [6.45, 7) is 0. The van der Waals surface area contributed by atoms with Gasteiger partial charge in [0.2, 0.25) is 0 Å². The molecule has 98 valence electrons. The largest absolute Gasteiger partial charge is 0.497 e. The van der Waals surface area contributed by atoms with Gasteiger partial charge in [-0.05, 0) is 31.0 Å². The number of rotatable bonds is 4. The monoisotopic (exact) mass is 250 g/mol. The van der Waals surface area contributed by atoms with Gasteiger partial charge in [0.1, 0.15) is 11.5 Å². The normalized spacial score (nSPS) is 21.9. The molecule has 0 bridgehead atoms. The molecule has 0 aliphatic heterocycles. The second-order valence-electron chi connectivity index (χ2n) is 4.47. The molecule has 1 aliphatic rings. The summed E-state index contributed by atoms with van der Waals surface area (Å²) < 4.78 is 10.3. The first-order chi connectivity index (χ1) is 8.63. The Balaban J connectivity index is 2.12. The van der Waals surface area contributed by atoms with Crippen LogP contribution in [0.4, 0.5) is 0 Å². The number of hydrogen-bond acceptors (Lipinski definition) is 4. The summed E-state index contributed by atoms with van der Waals surface area (Å²) in [6.07, 6.45) is 1.66. The minimum atomic E-state index is -0.150. The molecule has 18 heavy (non-hydrogen) atoms. The van der Waals surface area contributed by atoms with Gasteiger partial charge in [-0.3, -0.25) is 4.79 Å². The standard InChI is InChI=1S/C13H18N2O3/c1-17-10-3-4-12(18-2)11(7-10)13(16)15-9-5-8(14)6-9/h3-4,7-9H,5-6,14H2,1-2H3,(H,15,16). The van der Waals surface area contributed by atoms with E-state index in [4.69, 9.17) is 15.2 Å². The minimum absolute atomic E-state index is 0.150. The van der Waals surface area contributed by atoms with Gasteiger partial charge in [0, 0.05) is 12.1 Å². The summed E-state index contributed by atoms with van der Waals surface area (Å²) in [4.78, 5) is 12.1. The Labute approximate surface area is 106 Å². The van der Waals surface area contributed by atoms with Crippen LogP contribution in [0.1, 0.15) is 23.2 Å². The van der Waals surface area contributed by atoms with E-state index in [0.717, 1.165) is 12.8 Å². The number of carbonyl (C=O) groups is 1. The Morgan fingerprint density at radius 3 is 2.61 bits per heavy atom. The van der Waals surface area contributed by atoms with Gasteiger partial charge in [0.05, 0.1) is 19.8 Å². The molecular formula is C13H18N2O3. The first-order valence-corrected chi connectivity index (χ1v) is 5.92. The molecule has 1 fully saturated rings. The summed E-state index contributed by atoms with van der Waals surface area (Å²) in [5.74, 6) is 1.02. The van der Waals surface area contributed by atoms with Crippen LogP contribution >= 0.6 is 0 Å². The smallest absolute Gasteiger partial charge is 0.255 e. The maximum Gasteiger partial charge on any atom is 0.255 e. The average Bonchev–Trinajstić information content (AvgIpc) is 2.36. The van der Waals surface area contributed by atoms with Gasteiger partial charge in [0.25, 0.3) is 5.91 Å². The molecule has 5 nitrogen and oxygen atoms in total. The van der Waals surface area contributed by atoms with Crippen molar-refractivity contribution in [1.82, 2.24) is 5.32 Å². The first-order valence-electron chi connectivity index (χ1n) is 5.92. The van der Waals surface area contributed by atoms with Gasteiger partial charge >= 0.3 is 0 Å². The van der Waals surface area contributed by atoms with Crippen molar-refractivity contribution in [3.05, 3.63) is 23.8 Å². The predicted octanol–water partition coefficient (Wildman–Crippen LogP) is 0.923. The van der Waals surface area contributed by atoms with Crippen molar-refractivity contribution in [2.45, 2.75) is 24.9 Å². The summed E-state index contributed by atoms with van der Waals surface area (Å²) in [5.41, 5.74) is 6.17. The van der Waals surface area contributed by atoms with Crippen LogP contribution in [0.2, 0.25) is 0 Å². The van der Waals surface area contributed by atoms with Crippen LogP contribution in [0.15, 0.2) is 18.2 Å². The molecule has 0 unspecified atom stereocenters. The van der Waals surface area contributed by atoms with Crippen LogP contribution in [0.5, 0.6) is 11.5 Å². The van der Waals surface area contributed by atoms with Gasteiger partial charge in [-0.25, -0.2) is 0 Å². The zero-order valence-electron chi connectivity index (χ0n) is 10.6. The zero-order chi connectivity index (χ0) is 13.1. The highest BCUT2D eigenvalue weighted by atomic mass is 16.5. The number of nitrogens with two attached hydrogens (primary N) is 1. The highest BCUT2D eigenvalue weighted by molar-refractivity contribution is 5.97. The molecule has 2 rings (SSSR count). The lowest BCUT2D eigenvalue weighted by molar-refractivity contribution is 0.0907. The van der Waals surface area contributed by atoms with Crippen LogP contribution < -0.4 is 20.5 Å². The molecule has 0 spiro atoms. The van der Waals surface area contributed by atoms with E-state index in [0.29, 0.717) is 17.1 Å². The molecule has 1 aromatic rings. The Hall–Kier alpha value is -1.75.